The molecule has 0 spiro atoms. The van der Waals surface area contributed by atoms with Crippen LogP contribution in [0.1, 0.15) is 44.1 Å². The van der Waals surface area contributed by atoms with E-state index >= 15 is 0 Å². The molecule has 0 unspecified atom stereocenters. The lowest BCUT2D eigenvalue weighted by atomic mass is 10.0. The summed E-state index contributed by atoms with van der Waals surface area (Å²) in [6.45, 7) is 7.03. The molecule has 2 aromatic carbocycles. The van der Waals surface area contributed by atoms with Crippen LogP contribution in [0.15, 0.2) is 41.4 Å². The number of likely N-dealkylation sites (tertiary alicyclic amines) is 1. The summed E-state index contributed by atoms with van der Waals surface area (Å²) in [6.07, 6.45) is 6.51. The lowest BCUT2D eigenvalue weighted by molar-refractivity contribution is 0.0246. The molecule has 216 valence electrons. The van der Waals surface area contributed by atoms with Gasteiger partial charge in [-0.05, 0) is 68.8 Å². The Labute approximate surface area is 246 Å². The van der Waals surface area contributed by atoms with Gasteiger partial charge in [0.05, 0.1) is 28.0 Å². The number of aliphatic imine (C=N–C) groups is 1. The number of hydrogen-bond donors (Lipinski definition) is 0. The molecule has 0 bridgehead atoms. The number of benzene rings is 2. The van der Waals surface area contributed by atoms with E-state index < -0.39 is 0 Å². The van der Waals surface area contributed by atoms with Crippen LogP contribution in [-0.2, 0) is 15.9 Å². The number of unbranched alkanes of at least 4 members (excludes halogenated alkanes) is 1. The molecule has 0 N–H and O–H groups in total. The SMILES string of the molecule is O=C(OCOC1=Nc2cc(OCCCCN3CCN(c4cccc(Cl)c4Cl)CC3)ccc2CC1)N1CCCCC1. The highest BCUT2D eigenvalue weighted by atomic mass is 35.5. The Hall–Kier alpha value is -2.68. The number of aryl methyl sites for hydroxylation is 1. The van der Waals surface area contributed by atoms with Crippen molar-refractivity contribution in [1.29, 1.82) is 0 Å². The van der Waals surface area contributed by atoms with Gasteiger partial charge in [0.2, 0.25) is 6.79 Å². The van der Waals surface area contributed by atoms with Gasteiger partial charge in [-0.3, -0.25) is 4.90 Å². The van der Waals surface area contributed by atoms with Crippen molar-refractivity contribution in [1.82, 2.24) is 9.80 Å². The predicted octanol–water partition coefficient (Wildman–Crippen LogP) is 6.55. The Balaban J connectivity index is 0.995. The molecule has 5 rings (SSSR count). The summed E-state index contributed by atoms with van der Waals surface area (Å²) in [5.41, 5.74) is 3.05. The molecule has 2 fully saturated rings. The second-order valence-electron chi connectivity index (χ2n) is 10.5. The van der Waals surface area contributed by atoms with E-state index in [4.69, 9.17) is 37.4 Å². The number of piperazine rings is 1. The normalized spacial score (nSPS) is 17.7. The quantitative estimate of drug-likeness (QED) is 0.244. The summed E-state index contributed by atoms with van der Waals surface area (Å²) in [5.74, 6) is 1.40. The Morgan fingerprint density at radius 1 is 0.900 bits per heavy atom. The smallest absolute Gasteiger partial charge is 0.412 e. The van der Waals surface area contributed by atoms with E-state index in [-0.39, 0.29) is 12.9 Å². The first kappa shape index (κ1) is 28.8. The molecule has 0 saturated carbocycles. The van der Waals surface area contributed by atoms with Crippen molar-refractivity contribution < 1.29 is 19.0 Å². The van der Waals surface area contributed by atoms with E-state index in [1.54, 1.807) is 4.90 Å². The molecule has 0 aromatic heterocycles. The van der Waals surface area contributed by atoms with E-state index in [1.807, 2.05) is 30.3 Å². The van der Waals surface area contributed by atoms with Gasteiger partial charge < -0.3 is 24.0 Å². The summed E-state index contributed by atoms with van der Waals surface area (Å²) in [6, 6.07) is 11.9. The predicted molar refractivity (Wildman–Crippen MR) is 160 cm³/mol. The Morgan fingerprint density at radius 3 is 2.55 bits per heavy atom. The minimum atomic E-state index is -0.308. The number of amides is 1. The van der Waals surface area contributed by atoms with Crippen molar-refractivity contribution >= 4 is 46.6 Å². The Morgan fingerprint density at radius 2 is 1.73 bits per heavy atom. The zero-order valence-corrected chi connectivity index (χ0v) is 24.5. The molecule has 1 amide bonds. The third kappa shape index (κ3) is 7.74. The van der Waals surface area contributed by atoms with E-state index in [9.17, 15) is 4.79 Å². The Kier molecular flexibility index (Phi) is 10.3. The fourth-order valence-corrected chi connectivity index (χ4v) is 5.79. The number of fused-ring (bicyclic) bond motifs is 1. The molecular weight excluding hydrogens is 551 g/mol. The third-order valence-corrected chi connectivity index (χ3v) is 8.52. The van der Waals surface area contributed by atoms with Gasteiger partial charge in [0.15, 0.2) is 5.90 Å². The molecular formula is C30H38Cl2N4O4. The second kappa shape index (κ2) is 14.3. The van der Waals surface area contributed by atoms with Crippen LogP contribution in [-0.4, -0.2) is 81.0 Å². The highest BCUT2D eigenvalue weighted by Crippen LogP contribution is 2.33. The van der Waals surface area contributed by atoms with Crippen molar-refractivity contribution in [3.05, 3.63) is 52.0 Å². The molecule has 8 nitrogen and oxygen atoms in total. The van der Waals surface area contributed by atoms with Gasteiger partial charge in [-0.25, -0.2) is 9.79 Å². The first-order valence-corrected chi connectivity index (χ1v) is 15.1. The number of carbonyl (C=O) groups is 1. The van der Waals surface area contributed by atoms with Crippen LogP contribution in [0.2, 0.25) is 10.0 Å². The highest BCUT2D eigenvalue weighted by Gasteiger charge is 2.21. The number of rotatable bonds is 9. The van der Waals surface area contributed by atoms with Crippen LogP contribution in [0.25, 0.3) is 0 Å². The maximum absolute atomic E-state index is 12.2. The van der Waals surface area contributed by atoms with Crippen molar-refractivity contribution in [2.45, 2.75) is 44.9 Å². The molecule has 40 heavy (non-hydrogen) atoms. The van der Waals surface area contributed by atoms with E-state index in [0.29, 0.717) is 29.0 Å². The van der Waals surface area contributed by atoms with E-state index in [1.165, 1.54) is 12.0 Å². The van der Waals surface area contributed by atoms with Crippen molar-refractivity contribution in [2.75, 3.05) is 64.1 Å². The minimum Gasteiger partial charge on any atom is -0.494 e. The van der Waals surface area contributed by atoms with Crippen molar-refractivity contribution in [3.8, 4) is 5.75 Å². The Bertz CT molecular complexity index is 1180. The lowest BCUT2D eigenvalue weighted by Crippen LogP contribution is -2.46. The molecule has 10 heteroatoms. The standard InChI is InChI=1S/C30H38Cl2N4O4/c31-25-7-6-8-27(29(25)32)35-18-16-34(17-19-35)13-4-5-20-38-24-11-9-23-10-12-28(33-26(23)21-24)39-22-40-30(37)36-14-2-1-3-15-36/h6-9,11,21H,1-5,10,12-20,22H2. The highest BCUT2D eigenvalue weighted by molar-refractivity contribution is 6.43. The zero-order valence-electron chi connectivity index (χ0n) is 23.0. The zero-order chi connectivity index (χ0) is 27.7. The van der Waals surface area contributed by atoms with Crippen LogP contribution in [0.5, 0.6) is 5.75 Å². The molecule has 0 aliphatic carbocycles. The summed E-state index contributed by atoms with van der Waals surface area (Å²) >= 11 is 12.6. The number of anilines is 1. The summed E-state index contributed by atoms with van der Waals surface area (Å²) in [4.78, 5) is 23.4. The minimum absolute atomic E-state index is 0.108. The number of nitrogens with zero attached hydrogens (tertiary/aromatic N) is 4. The summed E-state index contributed by atoms with van der Waals surface area (Å²) in [5, 5.41) is 1.24. The van der Waals surface area contributed by atoms with Gasteiger partial charge in [0.1, 0.15) is 5.75 Å². The molecule has 3 aliphatic rings. The number of piperidine rings is 1. The summed E-state index contributed by atoms with van der Waals surface area (Å²) in [7, 11) is 0. The lowest BCUT2D eigenvalue weighted by Gasteiger charge is -2.36. The maximum Gasteiger partial charge on any atom is 0.412 e. The van der Waals surface area contributed by atoms with Gasteiger partial charge in [0, 0.05) is 51.8 Å². The van der Waals surface area contributed by atoms with Crippen LogP contribution < -0.4 is 9.64 Å². The fraction of sp³-hybridized carbons (Fsp3) is 0.533. The first-order valence-electron chi connectivity index (χ1n) is 14.4. The fourth-order valence-electron chi connectivity index (χ4n) is 5.38. The number of ether oxygens (including phenoxy) is 3. The summed E-state index contributed by atoms with van der Waals surface area (Å²) < 4.78 is 17.0. The second-order valence-corrected chi connectivity index (χ2v) is 11.3. The van der Waals surface area contributed by atoms with Crippen LogP contribution in [0.4, 0.5) is 16.2 Å². The van der Waals surface area contributed by atoms with Crippen LogP contribution in [0, 0.1) is 0 Å². The van der Waals surface area contributed by atoms with Gasteiger partial charge in [-0.2, -0.15) is 0 Å². The largest absolute Gasteiger partial charge is 0.494 e. The molecule has 3 aliphatic heterocycles. The van der Waals surface area contributed by atoms with E-state index in [2.05, 4.69) is 20.9 Å². The molecule has 0 atom stereocenters. The number of carbonyl (C=O) groups excluding carboxylic acids is 1. The number of halogens is 2. The van der Waals surface area contributed by atoms with Gasteiger partial charge in [-0.15, -0.1) is 0 Å². The van der Waals surface area contributed by atoms with Crippen LogP contribution in [0.3, 0.4) is 0 Å². The van der Waals surface area contributed by atoms with Gasteiger partial charge in [-0.1, -0.05) is 35.3 Å². The molecule has 2 saturated heterocycles. The average molecular weight is 590 g/mol. The molecule has 0 radical (unpaired) electrons. The van der Waals surface area contributed by atoms with Gasteiger partial charge in [0.25, 0.3) is 0 Å². The topological polar surface area (TPSA) is 66.8 Å². The molecule has 3 heterocycles. The maximum atomic E-state index is 12.2. The first-order chi connectivity index (χ1) is 19.6. The average Bonchev–Trinajstić information content (AvgIpc) is 2.99. The third-order valence-electron chi connectivity index (χ3n) is 7.71. The van der Waals surface area contributed by atoms with E-state index in [0.717, 1.165) is 95.0 Å². The van der Waals surface area contributed by atoms with Crippen molar-refractivity contribution in [2.24, 2.45) is 4.99 Å². The van der Waals surface area contributed by atoms with Crippen molar-refractivity contribution in [3.63, 3.8) is 0 Å². The number of hydrogen-bond acceptors (Lipinski definition) is 7. The molecule has 2 aromatic rings. The monoisotopic (exact) mass is 588 g/mol. The van der Waals surface area contributed by atoms with Crippen LogP contribution >= 0.6 is 23.2 Å². The van der Waals surface area contributed by atoms with Gasteiger partial charge >= 0.3 is 6.09 Å².